The van der Waals surface area contributed by atoms with Crippen LogP contribution >= 0.6 is 0 Å². The molecule has 0 aliphatic rings. The summed E-state index contributed by atoms with van der Waals surface area (Å²) in [5.74, 6) is 0.844. The summed E-state index contributed by atoms with van der Waals surface area (Å²) >= 11 is 0. The van der Waals surface area contributed by atoms with E-state index in [4.69, 9.17) is 4.74 Å². The summed E-state index contributed by atoms with van der Waals surface area (Å²) < 4.78 is 7.16. The largest absolute Gasteiger partial charge is 0.496 e. The molecule has 0 bridgehead atoms. The summed E-state index contributed by atoms with van der Waals surface area (Å²) in [6.07, 6.45) is 2.96. The van der Waals surface area contributed by atoms with Gasteiger partial charge in [-0.25, -0.2) is 0 Å². The maximum absolute atomic E-state index is 10.6. The molecule has 1 unspecified atom stereocenters. The van der Waals surface area contributed by atoms with Crippen LogP contribution in [0.15, 0.2) is 24.5 Å². The molecule has 4 heteroatoms. The fraction of sp³-hybridized carbons (Fsp3) is 0.438. The van der Waals surface area contributed by atoms with E-state index in [1.54, 1.807) is 13.3 Å². The molecular weight excluding hydrogens is 252 g/mol. The highest BCUT2D eigenvalue weighted by atomic mass is 16.5. The van der Waals surface area contributed by atoms with Crippen LogP contribution in [0, 0.1) is 13.8 Å². The van der Waals surface area contributed by atoms with Crippen molar-refractivity contribution in [3.05, 3.63) is 46.8 Å². The van der Waals surface area contributed by atoms with E-state index >= 15 is 0 Å². The van der Waals surface area contributed by atoms with Gasteiger partial charge in [-0.1, -0.05) is 0 Å². The summed E-state index contributed by atoms with van der Waals surface area (Å²) in [6.45, 7) is 8.08. The Morgan fingerprint density at radius 3 is 2.45 bits per heavy atom. The number of hydrogen-bond acceptors (Lipinski definition) is 3. The van der Waals surface area contributed by atoms with Crippen LogP contribution in [0.2, 0.25) is 0 Å². The Balaban J connectivity index is 2.37. The molecule has 1 heterocycles. The Bertz CT molecular complexity index is 603. The molecule has 0 aliphatic heterocycles. The van der Waals surface area contributed by atoms with E-state index in [0.717, 1.165) is 28.0 Å². The molecule has 2 rings (SSSR count). The van der Waals surface area contributed by atoms with Gasteiger partial charge in [-0.05, 0) is 56.5 Å². The lowest BCUT2D eigenvalue weighted by molar-refractivity contribution is 0.219. The van der Waals surface area contributed by atoms with Gasteiger partial charge in [0.1, 0.15) is 11.9 Å². The fourth-order valence-electron chi connectivity index (χ4n) is 2.28. The number of benzene rings is 1. The van der Waals surface area contributed by atoms with Crippen LogP contribution in [0.4, 0.5) is 0 Å². The number of aliphatic hydroxyl groups excluding tert-OH is 1. The van der Waals surface area contributed by atoms with Gasteiger partial charge in [0.15, 0.2) is 0 Å². The standard InChI is InChI=1S/C16H22N2O2/c1-10(2)18-9-13(8-17-18)16(19)14-6-12(4)15(20-5)7-11(14)3/h6-10,16,19H,1-5H3. The number of rotatable bonds is 4. The zero-order valence-corrected chi connectivity index (χ0v) is 12.7. The van der Waals surface area contributed by atoms with Crippen molar-refractivity contribution in [3.8, 4) is 5.75 Å². The average Bonchev–Trinajstić information content (AvgIpc) is 2.90. The number of aromatic nitrogens is 2. The Labute approximate surface area is 120 Å². The molecule has 1 N–H and O–H groups in total. The first kappa shape index (κ1) is 14.6. The van der Waals surface area contributed by atoms with Crippen LogP contribution in [0.3, 0.4) is 0 Å². The fourth-order valence-corrected chi connectivity index (χ4v) is 2.28. The minimum absolute atomic E-state index is 0.287. The van der Waals surface area contributed by atoms with Gasteiger partial charge < -0.3 is 9.84 Å². The lowest BCUT2D eigenvalue weighted by Crippen LogP contribution is -2.04. The van der Waals surface area contributed by atoms with Gasteiger partial charge in [0.05, 0.1) is 13.3 Å². The minimum atomic E-state index is -0.660. The molecule has 0 saturated carbocycles. The van der Waals surface area contributed by atoms with Gasteiger partial charge >= 0.3 is 0 Å². The third-order valence-corrected chi connectivity index (χ3v) is 3.54. The van der Waals surface area contributed by atoms with Gasteiger partial charge in [-0.15, -0.1) is 0 Å². The summed E-state index contributed by atoms with van der Waals surface area (Å²) in [5, 5.41) is 14.8. The average molecular weight is 274 g/mol. The van der Waals surface area contributed by atoms with Gasteiger partial charge in [0, 0.05) is 17.8 Å². The number of ether oxygens (including phenoxy) is 1. The molecule has 1 atom stereocenters. The third kappa shape index (κ3) is 2.70. The Morgan fingerprint density at radius 2 is 1.90 bits per heavy atom. The minimum Gasteiger partial charge on any atom is -0.496 e. The first-order valence-corrected chi connectivity index (χ1v) is 6.81. The first-order chi connectivity index (χ1) is 9.43. The lowest BCUT2D eigenvalue weighted by Gasteiger charge is -2.15. The van der Waals surface area contributed by atoms with Crippen LogP contribution in [0.25, 0.3) is 0 Å². The van der Waals surface area contributed by atoms with Crippen molar-refractivity contribution in [3.63, 3.8) is 0 Å². The summed E-state index contributed by atoms with van der Waals surface area (Å²) in [4.78, 5) is 0. The van der Waals surface area contributed by atoms with Gasteiger partial charge in [0.2, 0.25) is 0 Å². The highest BCUT2D eigenvalue weighted by Crippen LogP contribution is 2.30. The van der Waals surface area contributed by atoms with E-state index in [0.29, 0.717) is 0 Å². The van der Waals surface area contributed by atoms with Crippen molar-refractivity contribution in [1.29, 1.82) is 0 Å². The van der Waals surface area contributed by atoms with Crippen molar-refractivity contribution in [2.24, 2.45) is 0 Å². The number of aliphatic hydroxyl groups is 1. The Morgan fingerprint density at radius 1 is 1.20 bits per heavy atom. The van der Waals surface area contributed by atoms with Crippen LogP contribution in [0.1, 0.15) is 48.2 Å². The lowest BCUT2D eigenvalue weighted by atomic mass is 9.97. The smallest absolute Gasteiger partial charge is 0.122 e. The van der Waals surface area contributed by atoms with E-state index < -0.39 is 6.10 Å². The molecule has 0 saturated heterocycles. The van der Waals surface area contributed by atoms with E-state index in [2.05, 4.69) is 18.9 Å². The van der Waals surface area contributed by atoms with Gasteiger partial charge in [-0.2, -0.15) is 5.10 Å². The molecule has 0 amide bonds. The molecular formula is C16H22N2O2. The van der Waals surface area contributed by atoms with Crippen LogP contribution in [-0.4, -0.2) is 22.0 Å². The highest BCUT2D eigenvalue weighted by Gasteiger charge is 2.17. The molecule has 20 heavy (non-hydrogen) atoms. The third-order valence-electron chi connectivity index (χ3n) is 3.54. The van der Waals surface area contributed by atoms with E-state index in [9.17, 15) is 5.11 Å². The Hall–Kier alpha value is -1.81. The van der Waals surface area contributed by atoms with Gasteiger partial charge in [-0.3, -0.25) is 4.68 Å². The predicted octanol–water partition coefficient (Wildman–Crippen LogP) is 3.17. The SMILES string of the molecule is COc1cc(C)c(C(O)c2cnn(C(C)C)c2)cc1C. The monoisotopic (exact) mass is 274 g/mol. The quantitative estimate of drug-likeness (QED) is 0.931. The van der Waals surface area contributed by atoms with Crippen LogP contribution in [0.5, 0.6) is 5.75 Å². The van der Waals surface area contributed by atoms with Crippen LogP contribution < -0.4 is 4.74 Å². The summed E-state index contributed by atoms with van der Waals surface area (Å²) in [5.41, 5.74) is 3.73. The maximum Gasteiger partial charge on any atom is 0.122 e. The molecule has 0 radical (unpaired) electrons. The normalized spacial score (nSPS) is 12.8. The molecule has 1 aromatic heterocycles. The molecule has 108 valence electrons. The summed E-state index contributed by atoms with van der Waals surface area (Å²) in [6, 6.07) is 4.22. The number of hydrogen-bond donors (Lipinski definition) is 1. The molecule has 4 nitrogen and oxygen atoms in total. The second-order valence-electron chi connectivity index (χ2n) is 5.43. The van der Waals surface area contributed by atoms with Crippen LogP contribution in [-0.2, 0) is 0 Å². The second kappa shape index (κ2) is 5.67. The second-order valence-corrected chi connectivity index (χ2v) is 5.43. The van der Waals surface area contributed by atoms with Crippen molar-refractivity contribution in [1.82, 2.24) is 9.78 Å². The number of nitrogens with zero attached hydrogens (tertiary/aromatic N) is 2. The van der Waals surface area contributed by atoms with Crippen molar-refractivity contribution < 1.29 is 9.84 Å². The van der Waals surface area contributed by atoms with E-state index in [1.165, 1.54) is 0 Å². The van der Waals surface area contributed by atoms with Crippen molar-refractivity contribution >= 4 is 0 Å². The topological polar surface area (TPSA) is 47.3 Å². The predicted molar refractivity (Wildman–Crippen MR) is 79.1 cm³/mol. The highest BCUT2D eigenvalue weighted by molar-refractivity contribution is 5.44. The molecule has 0 fully saturated rings. The van der Waals surface area contributed by atoms with Gasteiger partial charge in [0.25, 0.3) is 0 Å². The number of methoxy groups -OCH3 is 1. The first-order valence-electron chi connectivity index (χ1n) is 6.81. The maximum atomic E-state index is 10.6. The summed E-state index contributed by atoms with van der Waals surface area (Å²) in [7, 11) is 1.66. The molecule has 0 spiro atoms. The Kier molecular flexibility index (Phi) is 4.14. The zero-order chi connectivity index (χ0) is 14.9. The van der Waals surface area contributed by atoms with E-state index in [-0.39, 0.29) is 6.04 Å². The van der Waals surface area contributed by atoms with Crippen molar-refractivity contribution in [2.45, 2.75) is 39.8 Å². The van der Waals surface area contributed by atoms with E-state index in [1.807, 2.05) is 36.9 Å². The molecule has 2 aromatic rings. The number of aryl methyl sites for hydroxylation is 2. The zero-order valence-electron chi connectivity index (χ0n) is 12.7. The molecule has 0 aliphatic carbocycles. The van der Waals surface area contributed by atoms with Crippen molar-refractivity contribution in [2.75, 3.05) is 7.11 Å². The molecule has 1 aromatic carbocycles.